The molecule has 1 aliphatic carbocycles. The van der Waals surface area contributed by atoms with Crippen LogP contribution in [-0.2, 0) is 11.3 Å². The van der Waals surface area contributed by atoms with Crippen LogP contribution in [0.5, 0.6) is 5.75 Å². The molecule has 2 unspecified atom stereocenters. The number of methoxy groups -OCH3 is 1. The van der Waals surface area contributed by atoms with Crippen LogP contribution >= 0.6 is 12.4 Å². The average molecular weight is 341 g/mol. The number of halogens is 1. The number of nitrogens with two attached hydrogens (primary N) is 1. The molecule has 4 nitrogen and oxygen atoms in total. The van der Waals surface area contributed by atoms with Crippen LogP contribution in [0, 0.1) is 12.8 Å². The Morgan fingerprint density at radius 3 is 2.70 bits per heavy atom. The highest BCUT2D eigenvalue weighted by molar-refractivity contribution is 5.85. The minimum atomic E-state index is -0.376. The van der Waals surface area contributed by atoms with Gasteiger partial charge >= 0.3 is 0 Å². The molecule has 0 heterocycles. The molecule has 5 heteroatoms. The van der Waals surface area contributed by atoms with E-state index in [1.54, 1.807) is 7.11 Å². The Morgan fingerprint density at radius 1 is 1.43 bits per heavy atom. The van der Waals surface area contributed by atoms with Crippen molar-refractivity contribution in [2.45, 2.75) is 51.6 Å². The van der Waals surface area contributed by atoms with E-state index in [4.69, 9.17) is 10.5 Å². The number of aryl methyl sites for hydroxylation is 1. The zero-order valence-electron chi connectivity index (χ0n) is 14.6. The molecule has 2 N–H and O–H groups in total. The molecular formula is C18H29ClN2O2. The van der Waals surface area contributed by atoms with Gasteiger partial charge in [0.2, 0.25) is 5.91 Å². The summed E-state index contributed by atoms with van der Waals surface area (Å²) in [5, 5.41) is 0. The lowest BCUT2D eigenvalue weighted by atomic mass is 9.74. The molecule has 0 radical (unpaired) electrons. The summed E-state index contributed by atoms with van der Waals surface area (Å²) in [6, 6.07) is 6.04. The monoisotopic (exact) mass is 340 g/mol. The van der Waals surface area contributed by atoms with Gasteiger partial charge < -0.3 is 15.4 Å². The highest BCUT2D eigenvalue weighted by atomic mass is 35.5. The number of hydrogen-bond donors (Lipinski definition) is 1. The summed E-state index contributed by atoms with van der Waals surface area (Å²) in [5.41, 5.74) is 8.18. The quantitative estimate of drug-likeness (QED) is 0.915. The van der Waals surface area contributed by atoms with Gasteiger partial charge in [0.1, 0.15) is 5.75 Å². The lowest BCUT2D eigenvalue weighted by Crippen LogP contribution is -2.53. The topological polar surface area (TPSA) is 55.6 Å². The number of carbonyl (C=O) groups excluding carboxylic acids is 1. The van der Waals surface area contributed by atoms with Crippen LogP contribution in [0.15, 0.2) is 18.2 Å². The molecule has 2 atom stereocenters. The van der Waals surface area contributed by atoms with E-state index in [-0.39, 0.29) is 29.8 Å². The third-order valence-corrected chi connectivity index (χ3v) is 4.81. The van der Waals surface area contributed by atoms with E-state index in [1.165, 1.54) is 0 Å². The molecule has 0 aliphatic heterocycles. The van der Waals surface area contributed by atoms with Crippen LogP contribution in [0.1, 0.15) is 43.7 Å². The summed E-state index contributed by atoms with van der Waals surface area (Å²) in [5.74, 6) is 0.975. The second kappa shape index (κ2) is 8.02. The summed E-state index contributed by atoms with van der Waals surface area (Å²) in [6.45, 7) is 4.64. The largest absolute Gasteiger partial charge is 0.496 e. The van der Waals surface area contributed by atoms with Crippen molar-refractivity contribution in [1.29, 1.82) is 0 Å². The molecule has 1 saturated carbocycles. The van der Waals surface area contributed by atoms with Gasteiger partial charge in [-0.3, -0.25) is 4.79 Å². The summed E-state index contributed by atoms with van der Waals surface area (Å²) in [7, 11) is 3.54. The van der Waals surface area contributed by atoms with E-state index < -0.39 is 0 Å². The molecule has 2 rings (SSSR count). The Balaban J connectivity index is 0.00000264. The predicted molar refractivity (Wildman–Crippen MR) is 96.0 cm³/mol. The van der Waals surface area contributed by atoms with Crippen molar-refractivity contribution in [3.8, 4) is 5.75 Å². The van der Waals surface area contributed by atoms with Gasteiger partial charge in [-0.25, -0.2) is 0 Å². The van der Waals surface area contributed by atoms with Crippen LogP contribution in [0.4, 0.5) is 0 Å². The first-order valence-electron chi connectivity index (χ1n) is 8.02. The fraction of sp³-hybridized carbons (Fsp3) is 0.611. The average Bonchev–Trinajstić information content (AvgIpc) is 2.46. The number of nitrogens with zero attached hydrogens (tertiary/aromatic N) is 1. The van der Waals surface area contributed by atoms with Gasteiger partial charge in [-0.15, -0.1) is 12.4 Å². The van der Waals surface area contributed by atoms with Gasteiger partial charge in [0.05, 0.1) is 13.0 Å². The Bertz CT molecular complexity index is 546. The second-order valence-electron chi connectivity index (χ2n) is 6.80. The summed E-state index contributed by atoms with van der Waals surface area (Å²) in [4.78, 5) is 14.6. The fourth-order valence-electron chi connectivity index (χ4n) is 3.42. The maximum absolute atomic E-state index is 12.7. The van der Waals surface area contributed by atoms with Crippen molar-refractivity contribution in [3.05, 3.63) is 29.3 Å². The Morgan fingerprint density at radius 2 is 2.13 bits per heavy atom. The molecule has 1 aliphatic rings. The van der Waals surface area contributed by atoms with E-state index in [1.807, 2.05) is 37.9 Å². The van der Waals surface area contributed by atoms with Crippen LogP contribution in [0.25, 0.3) is 0 Å². The maximum Gasteiger partial charge on any atom is 0.227 e. The van der Waals surface area contributed by atoms with Crippen molar-refractivity contribution < 1.29 is 9.53 Å². The molecule has 130 valence electrons. The second-order valence-corrected chi connectivity index (χ2v) is 6.80. The first-order chi connectivity index (χ1) is 10.3. The zero-order chi connectivity index (χ0) is 16.3. The van der Waals surface area contributed by atoms with Gasteiger partial charge in [0.25, 0.3) is 0 Å². The molecule has 0 bridgehead atoms. The molecule has 1 aromatic rings. The zero-order valence-corrected chi connectivity index (χ0v) is 15.4. The number of amides is 1. The molecule has 0 spiro atoms. The normalized spacial score (nSPS) is 23.8. The third-order valence-electron chi connectivity index (χ3n) is 4.81. The molecule has 0 aromatic heterocycles. The Kier molecular flexibility index (Phi) is 6.90. The molecule has 1 aromatic carbocycles. The lowest BCUT2D eigenvalue weighted by molar-refractivity contribution is -0.138. The number of ether oxygens (including phenoxy) is 1. The van der Waals surface area contributed by atoms with Crippen LogP contribution in [0.3, 0.4) is 0 Å². The van der Waals surface area contributed by atoms with E-state index in [9.17, 15) is 4.79 Å². The standard InChI is InChI=1S/C18H28N2O2.ClH/c1-13-11-14(8-9-16(13)22-4)12-20(3)17(21)15-7-5-6-10-18(15,2)19;/h8-9,11,15H,5-7,10,12,19H2,1-4H3;1H. The van der Waals surface area contributed by atoms with Gasteiger partial charge in [-0.2, -0.15) is 0 Å². The minimum Gasteiger partial charge on any atom is -0.496 e. The van der Waals surface area contributed by atoms with Crippen molar-refractivity contribution in [3.63, 3.8) is 0 Å². The van der Waals surface area contributed by atoms with E-state index in [0.29, 0.717) is 6.54 Å². The predicted octanol–water partition coefficient (Wildman–Crippen LogP) is 3.29. The summed E-state index contributed by atoms with van der Waals surface area (Å²) in [6.07, 6.45) is 4.05. The van der Waals surface area contributed by atoms with E-state index in [2.05, 4.69) is 6.07 Å². The van der Waals surface area contributed by atoms with Crippen LogP contribution in [-0.4, -0.2) is 30.5 Å². The SMILES string of the molecule is COc1ccc(CN(C)C(=O)C2CCCCC2(C)N)cc1C.Cl. The number of carbonyl (C=O) groups is 1. The Hall–Kier alpha value is -1.26. The highest BCUT2D eigenvalue weighted by Crippen LogP contribution is 2.33. The summed E-state index contributed by atoms with van der Waals surface area (Å²) >= 11 is 0. The van der Waals surface area contributed by atoms with Crippen molar-refractivity contribution in [1.82, 2.24) is 4.90 Å². The fourth-order valence-corrected chi connectivity index (χ4v) is 3.42. The minimum absolute atomic E-state index is 0. The van der Waals surface area contributed by atoms with Gasteiger partial charge in [0.15, 0.2) is 0 Å². The first kappa shape index (κ1) is 19.8. The molecule has 0 saturated heterocycles. The van der Waals surface area contributed by atoms with Crippen LogP contribution in [0.2, 0.25) is 0 Å². The molecular weight excluding hydrogens is 312 g/mol. The highest BCUT2D eigenvalue weighted by Gasteiger charge is 2.39. The number of benzene rings is 1. The van der Waals surface area contributed by atoms with Crippen LogP contribution < -0.4 is 10.5 Å². The van der Waals surface area contributed by atoms with Gasteiger partial charge in [-0.1, -0.05) is 25.0 Å². The summed E-state index contributed by atoms with van der Waals surface area (Å²) < 4.78 is 5.28. The van der Waals surface area contributed by atoms with Crippen molar-refractivity contribution in [2.75, 3.05) is 14.2 Å². The number of rotatable bonds is 4. The lowest BCUT2D eigenvalue weighted by Gasteiger charge is -2.39. The third kappa shape index (κ3) is 4.61. The molecule has 1 amide bonds. The van der Waals surface area contributed by atoms with E-state index in [0.717, 1.165) is 42.6 Å². The molecule has 1 fully saturated rings. The van der Waals surface area contributed by atoms with Crippen molar-refractivity contribution >= 4 is 18.3 Å². The first-order valence-corrected chi connectivity index (χ1v) is 8.02. The number of hydrogen-bond acceptors (Lipinski definition) is 3. The maximum atomic E-state index is 12.7. The molecule has 23 heavy (non-hydrogen) atoms. The van der Waals surface area contributed by atoms with Gasteiger partial charge in [0, 0.05) is 19.1 Å². The Labute approximate surface area is 145 Å². The van der Waals surface area contributed by atoms with Gasteiger partial charge in [-0.05, 0) is 43.9 Å². The van der Waals surface area contributed by atoms with Crippen molar-refractivity contribution in [2.24, 2.45) is 11.7 Å². The smallest absolute Gasteiger partial charge is 0.227 e. The van der Waals surface area contributed by atoms with E-state index >= 15 is 0 Å².